The van der Waals surface area contributed by atoms with Gasteiger partial charge in [0, 0.05) is 18.1 Å². The number of rotatable bonds is 3. The molecule has 0 unspecified atom stereocenters. The normalized spacial score (nSPS) is 10.8. The number of hydrogen-bond donors (Lipinski definition) is 1. The maximum Gasteiger partial charge on any atom is 0.133 e. The van der Waals surface area contributed by atoms with Crippen molar-refractivity contribution in [1.82, 2.24) is 4.98 Å². The molecule has 0 aliphatic rings. The van der Waals surface area contributed by atoms with Crippen LogP contribution in [0.1, 0.15) is 5.56 Å². The number of halogens is 1. The average Bonchev–Trinajstić information content (AvgIpc) is 2.53. The summed E-state index contributed by atoms with van der Waals surface area (Å²) >= 11 is 0. The highest BCUT2D eigenvalue weighted by atomic mass is 19.1. The quantitative estimate of drug-likeness (QED) is 0.797. The Morgan fingerprint density at radius 2 is 1.90 bits per heavy atom. The van der Waals surface area contributed by atoms with E-state index in [0.29, 0.717) is 11.5 Å². The molecule has 0 amide bonds. The summed E-state index contributed by atoms with van der Waals surface area (Å²) in [6.45, 7) is -0.0625. The second kappa shape index (κ2) is 5.50. The number of hydrogen-bond acceptors (Lipinski definition) is 3. The third-order valence-corrected chi connectivity index (χ3v) is 3.50. The summed E-state index contributed by atoms with van der Waals surface area (Å²) in [5.74, 6) is 0.380. The molecule has 0 spiro atoms. The highest BCUT2D eigenvalue weighted by Gasteiger charge is 2.10. The average molecular weight is 282 g/mol. The monoisotopic (exact) mass is 282 g/mol. The predicted octanol–water partition coefficient (Wildman–Crippen LogP) is 3.63. The number of fused-ring (bicyclic) bond motifs is 1. The number of para-hydroxylation sites is 1. The fraction of sp³-hybridized carbons (Fsp3) is 0.118. The molecule has 1 heterocycles. The van der Waals surface area contributed by atoms with Crippen LogP contribution in [-0.2, 0) is 6.61 Å². The molecule has 0 atom stereocenters. The minimum atomic E-state index is -0.289. The number of benzene rings is 2. The summed E-state index contributed by atoms with van der Waals surface area (Å²) in [7, 11) is 1.83. The minimum Gasteiger partial charge on any atom is -0.392 e. The highest BCUT2D eigenvalue weighted by molar-refractivity contribution is 5.84. The van der Waals surface area contributed by atoms with Crippen LogP contribution in [0.4, 0.5) is 15.9 Å². The Labute approximate surface area is 122 Å². The van der Waals surface area contributed by atoms with Gasteiger partial charge in [-0.1, -0.05) is 24.3 Å². The van der Waals surface area contributed by atoms with Crippen molar-refractivity contribution < 1.29 is 9.50 Å². The van der Waals surface area contributed by atoms with E-state index in [1.807, 2.05) is 43.4 Å². The number of pyridine rings is 1. The number of anilines is 2. The third kappa shape index (κ3) is 2.58. The SMILES string of the molecule is CN(c1cccc(F)c1)c1cc(CO)c2ccccc2n1. The van der Waals surface area contributed by atoms with E-state index in [2.05, 4.69) is 4.98 Å². The maximum atomic E-state index is 13.4. The molecule has 2 aromatic carbocycles. The third-order valence-electron chi connectivity index (χ3n) is 3.50. The van der Waals surface area contributed by atoms with Crippen LogP contribution in [0.2, 0.25) is 0 Å². The van der Waals surface area contributed by atoms with E-state index in [9.17, 15) is 9.50 Å². The molecule has 0 saturated heterocycles. The van der Waals surface area contributed by atoms with Gasteiger partial charge in [0.25, 0.3) is 0 Å². The Bertz CT molecular complexity index is 789. The topological polar surface area (TPSA) is 36.4 Å². The molecule has 106 valence electrons. The maximum absolute atomic E-state index is 13.4. The molecule has 1 aromatic heterocycles. The van der Waals surface area contributed by atoms with Gasteiger partial charge in [0.2, 0.25) is 0 Å². The molecule has 0 aliphatic carbocycles. The van der Waals surface area contributed by atoms with Crippen LogP contribution in [0.3, 0.4) is 0 Å². The Morgan fingerprint density at radius 3 is 2.67 bits per heavy atom. The molecule has 0 radical (unpaired) electrons. The molecule has 0 fully saturated rings. The fourth-order valence-electron chi connectivity index (χ4n) is 2.35. The molecule has 3 nitrogen and oxygen atoms in total. The van der Waals surface area contributed by atoms with Gasteiger partial charge in [0.1, 0.15) is 11.6 Å². The Hall–Kier alpha value is -2.46. The summed E-state index contributed by atoms with van der Waals surface area (Å²) in [4.78, 5) is 6.38. The summed E-state index contributed by atoms with van der Waals surface area (Å²) in [6.07, 6.45) is 0. The highest BCUT2D eigenvalue weighted by Crippen LogP contribution is 2.27. The molecule has 3 rings (SSSR count). The molecule has 0 aliphatic heterocycles. The van der Waals surface area contributed by atoms with Gasteiger partial charge < -0.3 is 10.0 Å². The standard InChI is InChI=1S/C17H15FN2O/c1-20(14-6-4-5-13(18)10-14)17-9-12(11-21)15-7-2-3-8-16(15)19-17/h2-10,21H,11H2,1H3. The smallest absolute Gasteiger partial charge is 0.133 e. The van der Waals surface area contributed by atoms with Crippen LogP contribution in [0.25, 0.3) is 10.9 Å². The lowest BCUT2D eigenvalue weighted by Gasteiger charge is -2.20. The zero-order valence-corrected chi connectivity index (χ0v) is 11.6. The predicted molar refractivity (Wildman–Crippen MR) is 82.1 cm³/mol. The molecular weight excluding hydrogens is 267 g/mol. The molecule has 3 aromatic rings. The Morgan fingerprint density at radius 1 is 1.10 bits per heavy atom. The summed E-state index contributed by atoms with van der Waals surface area (Å²) < 4.78 is 13.4. The lowest BCUT2D eigenvalue weighted by Crippen LogP contribution is -2.12. The van der Waals surface area contributed by atoms with Gasteiger partial charge in [0.05, 0.1) is 12.1 Å². The van der Waals surface area contributed by atoms with Crippen LogP contribution in [0, 0.1) is 5.82 Å². The first-order chi connectivity index (χ1) is 10.2. The van der Waals surface area contributed by atoms with Crippen LogP contribution >= 0.6 is 0 Å². The summed E-state index contributed by atoms with van der Waals surface area (Å²) in [5, 5.41) is 10.5. The van der Waals surface area contributed by atoms with Gasteiger partial charge in [0.15, 0.2) is 0 Å². The largest absolute Gasteiger partial charge is 0.392 e. The zero-order valence-electron chi connectivity index (χ0n) is 11.6. The van der Waals surface area contributed by atoms with Gasteiger partial charge >= 0.3 is 0 Å². The van der Waals surface area contributed by atoms with E-state index < -0.39 is 0 Å². The Balaban J connectivity index is 2.12. The van der Waals surface area contributed by atoms with Crippen molar-refractivity contribution in [3.8, 4) is 0 Å². The van der Waals surface area contributed by atoms with Gasteiger partial charge in [-0.05, 0) is 35.9 Å². The van der Waals surface area contributed by atoms with E-state index in [1.165, 1.54) is 12.1 Å². The van der Waals surface area contributed by atoms with Crippen molar-refractivity contribution in [2.75, 3.05) is 11.9 Å². The van der Waals surface area contributed by atoms with Crippen molar-refractivity contribution in [3.05, 3.63) is 66.0 Å². The number of aromatic nitrogens is 1. The van der Waals surface area contributed by atoms with Crippen molar-refractivity contribution in [3.63, 3.8) is 0 Å². The first-order valence-electron chi connectivity index (χ1n) is 6.68. The van der Waals surface area contributed by atoms with Crippen LogP contribution in [0.5, 0.6) is 0 Å². The summed E-state index contributed by atoms with van der Waals surface area (Å²) in [5.41, 5.74) is 2.32. The number of aliphatic hydroxyl groups is 1. The van der Waals surface area contributed by atoms with E-state index in [-0.39, 0.29) is 12.4 Å². The van der Waals surface area contributed by atoms with E-state index in [1.54, 1.807) is 11.0 Å². The van der Waals surface area contributed by atoms with Crippen LogP contribution in [0.15, 0.2) is 54.6 Å². The van der Waals surface area contributed by atoms with Gasteiger partial charge in [-0.3, -0.25) is 0 Å². The number of nitrogens with zero attached hydrogens (tertiary/aromatic N) is 2. The number of aliphatic hydroxyl groups excluding tert-OH is 1. The molecule has 0 bridgehead atoms. The van der Waals surface area contributed by atoms with Crippen LogP contribution < -0.4 is 4.90 Å². The van der Waals surface area contributed by atoms with Gasteiger partial charge in [-0.15, -0.1) is 0 Å². The van der Waals surface area contributed by atoms with Crippen molar-refractivity contribution >= 4 is 22.4 Å². The van der Waals surface area contributed by atoms with Gasteiger partial charge in [-0.25, -0.2) is 9.37 Å². The van der Waals surface area contributed by atoms with E-state index >= 15 is 0 Å². The molecular formula is C17H15FN2O. The van der Waals surface area contributed by atoms with Gasteiger partial charge in [-0.2, -0.15) is 0 Å². The summed E-state index contributed by atoms with van der Waals surface area (Å²) in [6, 6.07) is 15.8. The Kier molecular flexibility index (Phi) is 3.54. The van der Waals surface area contributed by atoms with E-state index in [0.717, 1.165) is 16.5 Å². The van der Waals surface area contributed by atoms with Crippen molar-refractivity contribution in [2.45, 2.75) is 6.61 Å². The lowest BCUT2D eigenvalue weighted by molar-refractivity contribution is 0.283. The second-order valence-electron chi connectivity index (χ2n) is 4.85. The molecule has 1 N–H and O–H groups in total. The second-order valence-corrected chi connectivity index (χ2v) is 4.85. The van der Waals surface area contributed by atoms with Crippen molar-refractivity contribution in [1.29, 1.82) is 0 Å². The van der Waals surface area contributed by atoms with Crippen LogP contribution in [-0.4, -0.2) is 17.1 Å². The van der Waals surface area contributed by atoms with Crippen molar-refractivity contribution in [2.24, 2.45) is 0 Å². The minimum absolute atomic E-state index is 0.0625. The molecule has 21 heavy (non-hydrogen) atoms. The fourth-order valence-corrected chi connectivity index (χ4v) is 2.35. The molecule has 0 saturated carbocycles. The zero-order chi connectivity index (χ0) is 14.8. The first-order valence-corrected chi connectivity index (χ1v) is 6.68. The van der Waals surface area contributed by atoms with E-state index in [4.69, 9.17) is 0 Å². The first kappa shape index (κ1) is 13.5. The lowest BCUT2D eigenvalue weighted by atomic mass is 10.1. The molecule has 4 heteroatoms.